The number of hydrogen-bond acceptors (Lipinski definition) is 3. The van der Waals surface area contributed by atoms with Crippen molar-refractivity contribution in [2.24, 2.45) is 11.8 Å². The van der Waals surface area contributed by atoms with E-state index in [9.17, 15) is 9.90 Å². The summed E-state index contributed by atoms with van der Waals surface area (Å²) in [5.74, 6) is 1.25. The molecular weight excluding hydrogens is 252 g/mol. The molecular formula is C16H30N2O2. The molecule has 0 radical (unpaired) electrons. The van der Waals surface area contributed by atoms with Gasteiger partial charge in [-0.2, -0.15) is 0 Å². The highest BCUT2D eigenvalue weighted by molar-refractivity contribution is 5.86. The minimum absolute atomic E-state index is 0.143. The number of carbonyl (C=O) groups is 1. The third-order valence-electron chi connectivity index (χ3n) is 5.37. The van der Waals surface area contributed by atoms with Crippen molar-refractivity contribution in [3.63, 3.8) is 0 Å². The number of rotatable bonds is 4. The van der Waals surface area contributed by atoms with Gasteiger partial charge in [0.1, 0.15) is 0 Å². The van der Waals surface area contributed by atoms with Crippen LogP contribution < -0.4 is 10.6 Å². The van der Waals surface area contributed by atoms with Crippen LogP contribution >= 0.6 is 0 Å². The number of nitrogens with one attached hydrogen (secondary N) is 2. The van der Waals surface area contributed by atoms with Crippen molar-refractivity contribution in [3.05, 3.63) is 0 Å². The van der Waals surface area contributed by atoms with E-state index in [2.05, 4.69) is 17.6 Å². The Hall–Kier alpha value is -0.610. The fourth-order valence-corrected chi connectivity index (χ4v) is 3.53. The zero-order chi connectivity index (χ0) is 14.8. The molecule has 2 fully saturated rings. The number of aliphatic hydroxyl groups is 1. The lowest BCUT2D eigenvalue weighted by atomic mass is 9.75. The van der Waals surface area contributed by atoms with E-state index in [0.29, 0.717) is 11.8 Å². The molecule has 0 aromatic rings. The summed E-state index contributed by atoms with van der Waals surface area (Å²) in [6, 6.07) is 0. The highest BCUT2D eigenvalue weighted by Crippen LogP contribution is 2.35. The predicted molar refractivity (Wildman–Crippen MR) is 80.4 cm³/mol. The molecule has 2 aliphatic rings. The minimum atomic E-state index is -0.472. The van der Waals surface area contributed by atoms with E-state index < -0.39 is 5.60 Å². The second kappa shape index (κ2) is 6.02. The largest absolute Gasteiger partial charge is 0.390 e. The van der Waals surface area contributed by atoms with E-state index in [1.165, 1.54) is 0 Å². The van der Waals surface area contributed by atoms with Crippen LogP contribution in [0.15, 0.2) is 0 Å². The second-order valence-corrected chi connectivity index (χ2v) is 7.38. The Morgan fingerprint density at radius 2 is 2.00 bits per heavy atom. The van der Waals surface area contributed by atoms with E-state index in [1.807, 2.05) is 13.8 Å². The Bertz CT molecular complexity index is 338. The molecule has 1 saturated heterocycles. The third kappa shape index (κ3) is 3.73. The summed E-state index contributed by atoms with van der Waals surface area (Å²) in [6.07, 6.45) is 5.92. The van der Waals surface area contributed by atoms with Gasteiger partial charge in [0, 0.05) is 6.54 Å². The zero-order valence-electron chi connectivity index (χ0n) is 13.2. The molecule has 0 unspecified atom stereocenters. The van der Waals surface area contributed by atoms with Crippen LogP contribution in [-0.2, 0) is 4.79 Å². The summed E-state index contributed by atoms with van der Waals surface area (Å²) >= 11 is 0. The summed E-state index contributed by atoms with van der Waals surface area (Å²) in [5, 5.41) is 16.4. The normalized spacial score (nSPS) is 39.5. The maximum atomic E-state index is 12.2. The summed E-state index contributed by atoms with van der Waals surface area (Å²) < 4.78 is 0. The van der Waals surface area contributed by atoms with Gasteiger partial charge in [0.05, 0.1) is 11.1 Å². The van der Waals surface area contributed by atoms with Gasteiger partial charge in [0.25, 0.3) is 0 Å². The standard InChI is InChI=1S/C16H30N2O2/c1-12(13-5-8-15(2,20)9-6-13)11-17-14(19)16(3)7-4-10-18-16/h12-13,18,20H,4-11H2,1-3H3,(H,17,19)/t12-,13?,15?,16+/m0/s1. The van der Waals surface area contributed by atoms with Crippen molar-refractivity contribution in [1.29, 1.82) is 0 Å². The Balaban J connectivity index is 1.75. The third-order valence-corrected chi connectivity index (χ3v) is 5.37. The fourth-order valence-electron chi connectivity index (χ4n) is 3.53. The van der Waals surface area contributed by atoms with Crippen molar-refractivity contribution < 1.29 is 9.90 Å². The molecule has 0 spiro atoms. The van der Waals surface area contributed by atoms with E-state index in [1.54, 1.807) is 0 Å². The minimum Gasteiger partial charge on any atom is -0.390 e. The maximum absolute atomic E-state index is 12.2. The average Bonchev–Trinajstić information content (AvgIpc) is 2.84. The molecule has 1 amide bonds. The van der Waals surface area contributed by atoms with Crippen LogP contribution in [-0.4, -0.2) is 35.2 Å². The molecule has 0 aromatic carbocycles. The van der Waals surface area contributed by atoms with E-state index in [-0.39, 0.29) is 11.4 Å². The first-order valence-corrected chi connectivity index (χ1v) is 8.08. The smallest absolute Gasteiger partial charge is 0.240 e. The van der Waals surface area contributed by atoms with Crippen LogP contribution in [0.4, 0.5) is 0 Å². The fraction of sp³-hybridized carbons (Fsp3) is 0.938. The summed E-state index contributed by atoms with van der Waals surface area (Å²) in [5.41, 5.74) is -0.837. The van der Waals surface area contributed by atoms with Crippen molar-refractivity contribution in [3.8, 4) is 0 Å². The predicted octanol–water partition coefficient (Wildman–Crippen LogP) is 1.82. The first-order chi connectivity index (χ1) is 9.32. The summed E-state index contributed by atoms with van der Waals surface area (Å²) in [7, 11) is 0. The number of hydrogen-bond donors (Lipinski definition) is 3. The average molecular weight is 282 g/mol. The molecule has 20 heavy (non-hydrogen) atoms. The molecule has 0 bridgehead atoms. The van der Waals surface area contributed by atoms with Gasteiger partial charge in [-0.1, -0.05) is 6.92 Å². The summed E-state index contributed by atoms with van der Waals surface area (Å²) in [4.78, 5) is 12.2. The van der Waals surface area contributed by atoms with Gasteiger partial charge >= 0.3 is 0 Å². The van der Waals surface area contributed by atoms with Gasteiger partial charge in [-0.05, 0) is 70.8 Å². The van der Waals surface area contributed by atoms with Crippen molar-refractivity contribution in [1.82, 2.24) is 10.6 Å². The molecule has 1 heterocycles. The number of carbonyl (C=O) groups excluding carboxylic acids is 1. The van der Waals surface area contributed by atoms with Crippen LogP contribution in [0.5, 0.6) is 0 Å². The first-order valence-electron chi connectivity index (χ1n) is 8.08. The molecule has 2 rings (SSSR count). The molecule has 1 aliphatic heterocycles. The Morgan fingerprint density at radius 1 is 1.35 bits per heavy atom. The van der Waals surface area contributed by atoms with E-state index in [4.69, 9.17) is 0 Å². The molecule has 4 nitrogen and oxygen atoms in total. The quantitative estimate of drug-likeness (QED) is 0.737. The van der Waals surface area contributed by atoms with E-state index in [0.717, 1.165) is 51.6 Å². The SMILES string of the molecule is C[C@@H](CNC(=O)[C@@]1(C)CCCN1)C1CCC(C)(O)CC1. The maximum Gasteiger partial charge on any atom is 0.240 e. The highest BCUT2D eigenvalue weighted by atomic mass is 16.3. The molecule has 4 heteroatoms. The topological polar surface area (TPSA) is 61.4 Å². The van der Waals surface area contributed by atoms with Gasteiger partial charge in [-0.15, -0.1) is 0 Å². The van der Waals surface area contributed by atoms with E-state index >= 15 is 0 Å². The zero-order valence-corrected chi connectivity index (χ0v) is 13.2. The molecule has 0 aromatic heterocycles. The van der Waals surface area contributed by atoms with Crippen molar-refractivity contribution in [2.75, 3.05) is 13.1 Å². The van der Waals surface area contributed by atoms with Gasteiger partial charge in [-0.3, -0.25) is 4.79 Å². The second-order valence-electron chi connectivity index (χ2n) is 7.38. The van der Waals surface area contributed by atoms with Crippen LogP contribution in [0.3, 0.4) is 0 Å². The Morgan fingerprint density at radius 3 is 2.55 bits per heavy atom. The Kier molecular flexibility index (Phi) is 4.75. The van der Waals surface area contributed by atoms with Gasteiger partial charge in [-0.25, -0.2) is 0 Å². The van der Waals surface area contributed by atoms with Crippen molar-refractivity contribution >= 4 is 5.91 Å². The summed E-state index contributed by atoms with van der Waals surface area (Å²) in [6.45, 7) is 7.84. The highest BCUT2D eigenvalue weighted by Gasteiger charge is 2.36. The number of amides is 1. The van der Waals surface area contributed by atoms with Crippen LogP contribution in [0.1, 0.15) is 59.3 Å². The lowest BCUT2D eigenvalue weighted by molar-refractivity contribution is -0.126. The monoisotopic (exact) mass is 282 g/mol. The molecule has 3 N–H and O–H groups in total. The van der Waals surface area contributed by atoms with Crippen LogP contribution in [0.25, 0.3) is 0 Å². The lowest BCUT2D eigenvalue weighted by Crippen LogP contribution is -2.52. The first kappa shape index (κ1) is 15.8. The van der Waals surface area contributed by atoms with Crippen molar-refractivity contribution in [2.45, 2.75) is 70.4 Å². The van der Waals surface area contributed by atoms with Crippen LogP contribution in [0.2, 0.25) is 0 Å². The lowest BCUT2D eigenvalue weighted by Gasteiger charge is -2.36. The van der Waals surface area contributed by atoms with Gasteiger partial charge in [0.15, 0.2) is 0 Å². The molecule has 1 saturated carbocycles. The van der Waals surface area contributed by atoms with Gasteiger partial charge < -0.3 is 15.7 Å². The van der Waals surface area contributed by atoms with Gasteiger partial charge in [0.2, 0.25) is 5.91 Å². The molecule has 1 aliphatic carbocycles. The van der Waals surface area contributed by atoms with Crippen LogP contribution in [0, 0.1) is 11.8 Å². The Labute approximate surface area is 122 Å². The molecule has 2 atom stereocenters. The molecule has 116 valence electrons.